The Balaban J connectivity index is 1.35. The zero-order chi connectivity index (χ0) is 34.9. The van der Waals surface area contributed by atoms with Crippen molar-refractivity contribution in [3.05, 3.63) is 75.9 Å². The van der Waals surface area contributed by atoms with E-state index in [1.807, 2.05) is 19.1 Å². The van der Waals surface area contributed by atoms with Crippen LogP contribution < -0.4 is 9.64 Å². The van der Waals surface area contributed by atoms with Crippen molar-refractivity contribution in [1.82, 2.24) is 15.0 Å². The first-order valence-corrected chi connectivity index (χ1v) is 17.6. The van der Waals surface area contributed by atoms with Gasteiger partial charge in [-0.25, -0.2) is 23.1 Å². The predicted octanol–water partition coefficient (Wildman–Crippen LogP) is 6.90. The number of anilines is 1. The molecule has 3 heterocycles. The molecule has 0 spiro atoms. The molecule has 0 radical (unpaired) electrons. The maximum absolute atomic E-state index is 17.2. The normalized spacial score (nSPS) is 21.8. The summed E-state index contributed by atoms with van der Waals surface area (Å²) in [5, 5.41) is 30.2. The first-order valence-electron chi connectivity index (χ1n) is 17.6. The average Bonchev–Trinajstić information content (AvgIpc) is 3.08. The highest BCUT2D eigenvalue weighted by Crippen LogP contribution is 2.52. The molecule has 1 aromatic carbocycles. The zero-order valence-corrected chi connectivity index (χ0v) is 28.7. The number of piperidine rings is 1. The number of fused-ring (bicyclic) bond motifs is 1. The standard InChI is InChI=1S/C38H49F3N4O4/c1-23-4-6-26(7-5-23)34(39)33-31(25-8-12-38(40,41)13-9-25)32-29(16-37(2,3)17-30(32)48)44-35(33)27-10-14-45(15-11-27)36-42-18-28(19-43-36)49-22-24(20-46)21-47/h4-7,18-19,24-25,27,30,34,46-48H,8-17,20-22H2,1-3H3. The topological polar surface area (TPSA) is 112 Å². The van der Waals surface area contributed by atoms with E-state index in [1.165, 1.54) is 0 Å². The Morgan fingerprint density at radius 2 is 1.57 bits per heavy atom. The van der Waals surface area contributed by atoms with Crippen LogP contribution in [0.4, 0.5) is 19.1 Å². The number of benzene rings is 1. The largest absolute Gasteiger partial charge is 0.490 e. The Bertz CT molecular complexity index is 1570. The molecule has 2 fully saturated rings. The van der Waals surface area contributed by atoms with E-state index in [0.29, 0.717) is 72.9 Å². The van der Waals surface area contributed by atoms with Crippen LogP contribution in [0.5, 0.6) is 5.75 Å². The van der Waals surface area contributed by atoms with Crippen LogP contribution in [0.2, 0.25) is 0 Å². The Kier molecular flexibility index (Phi) is 10.5. The molecule has 2 aliphatic carbocycles. The summed E-state index contributed by atoms with van der Waals surface area (Å²) >= 11 is 0. The number of aliphatic hydroxyl groups is 3. The third-order valence-electron chi connectivity index (χ3n) is 10.7. The molecule has 1 saturated carbocycles. The smallest absolute Gasteiger partial charge is 0.248 e. The molecule has 3 aliphatic rings. The van der Waals surface area contributed by atoms with Gasteiger partial charge < -0.3 is 25.0 Å². The van der Waals surface area contributed by atoms with Crippen LogP contribution >= 0.6 is 0 Å². The number of aryl methyl sites for hydroxylation is 1. The summed E-state index contributed by atoms with van der Waals surface area (Å²) in [6.07, 6.45) is 3.24. The summed E-state index contributed by atoms with van der Waals surface area (Å²) in [6.45, 7) is 7.16. The highest BCUT2D eigenvalue weighted by molar-refractivity contribution is 5.51. The molecular formula is C38H49F3N4O4. The number of hydrogen-bond donors (Lipinski definition) is 3. The summed E-state index contributed by atoms with van der Waals surface area (Å²) in [5.74, 6) is -2.50. The minimum atomic E-state index is -2.74. The van der Waals surface area contributed by atoms with E-state index < -0.39 is 18.2 Å². The molecule has 3 N–H and O–H groups in total. The molecule has 0 amide bonds. The lowest BCUT2D eigenvalue weighted by Gasteiger charge is -2.41. The van der Waals surface area contributed by atoms with Gasteiger partial charge in [-0.15, -0.1) is 0 Å². The lowest BCUT2D eigenvalue weighted by atomic mass is 9.68. The van der Waals surface area contributed by atoms with Gasteiger partial charge >= 0.3 is 0 Å². The minimum Gasteiger partial charge on any atom is -0.490 e. The van der Waals surface area contributed by atoms with Crippen LogP contribution in [0.3, 0.4) is 0 Å². The van der Waals surface area contributed by atoms with Crippen molar-refractivity contribution in [2.45, 2.75) is 102 Å². The number of ether oxygens (including phenoxy) is 1. The van der Waals surface area contributed by atoms with E-state index >= 15 is 4.39 Å². The second kappa shape index (κ2) is 14.5. The maximum atomic E-state index is 17.2. The van der Waals surface area contributed by atoms with Crippen LogP contribution in [0.15, 0.2) is 36.7 Å². The number of nitrogens with zero attached hydrogens (tertiary/aromatic N) is 4. The number of aromatic nitrogens is 3. The molecule has 6 rings (SSSR count). The number of hydrogen-bond acceptors (Lipinski definition) is 8. The second-order valence-electron chi connectivity index (χ2n) is 15.2. The van der Waals surface area contributed by atoms with E-state index in [2.05, 4.69) is 28.7 Å². The quantitative estimate of drug-likeness (QED) is 0.212. The Hall–Kier alpha value is -3.28. The molecule has 8 nitrogen and oxygen atoms in total. The van der Waals surface area contributed by atoms with Crippen molar-refractivity contribution < 1.29 is 33.2 Å². The second-order valence-corrected chi connectivity index (χ2v) is 15.2. The van der Waals surface area contributed by atoms with Crippen molar-refractivity contribution >= 4 is 5.95 Å². The SMILES string of the molecule is Cc1ccc(C(F)c2c(C3CCN(c4ncc(OCC(CO)CO)cn4)CC3)nc3c(c2C2CCC(F)(F)CC2)C(O)CC(C)(C)C3)cc1. The number of alkyl halides is 3. The van der Waals surface area contributed by atoms with Crippen molar-refractivity contribution in [2.24, 2.45) is 11.3 Å². The fourth-order valence-electron chi connectivity index (χ4n) is 7.89. The van der Waals surface area contributed by atoms with Gasteiger partial charge in [0.1, 0.15) is 0 Å². The van der Waals surface area contributed by atoms with Gasteiger partial charge in [-0.1, -0.05) is 43.7 Å². The Labute approximate surface area is 286 Å². The highest BCUT2D eigenvalue weighted by Gasteiger charge is 2.43. The molecule has 11 heteroatoms. The molecule has 2 aromatic heterocycles. The predicted molar refractivity (Wildman–Crippen MR) is 181 cm³/mol. The molecule has 266 valence electrons. The van der Waals surface area contributed by atoms with Gasteiger partial charge in [0.05, 0.1) is 44.0 Å². The number of pyridine rings is 1. The molecule has 3 aromatic rings. The Morgan fingerprint density at radius 1 is 0.939 bits per heavy atom. The van der Waals surface area contributed by atoms with Gasteiger partial charge in [-0.05, 0) is 67.9 Å². The molecule has 2 unspecified atom stereocenters. The summed E-state index contributed by atoms with van der Waals surface area (Å²) in [4.78, 5) is 16.3. The van der Waals surface area contributed by atoms with Crippen LogP contribution in [0.1, 0.15) is 122 Å². The van der Waals surface area contributed by atoms with Gasteiger partial charge in [-0.3, -0.25) is 4.98 Å². The van der Waals surface area contributed by atoms with E-state index in [4.69, 9.17) is 9.72 Å². The van der Waals surface area contributed by atoms with Crippen LogP contribution in [0, 0.1) is 18.3 Å². The van der Waals surface area contributed by atoms with E-state index in [1.54, 1.807) is 24.5 Å². The minimum absolute atomic E-state index is 0.0808. The summed E-state index contributed by atoms with van der Waals surface area (Å²) in [7, 11) is 0. The lowest BCUT2D eigenvalue weighted by molar-refractivity contribution is -0.0385. The van der Waals surface area contributed by atoms with Crippen LogP contribution in [-0.2, 0) is 6.42 Å². The van der Waals surface area contributed by atoms with E-state index in [9.17, 15) is 24.1 Å². The monoisotopic (exact) mass is 682 g/mol. The molecular weight excluding hydrogens is 633 g/mol. The fraction of sp³-hybridized carbons (Fsp3) is 0.605. The molecule has 0 bridgehead atoms. The maximum Gasteiger partial charge on any atom is 0.248 e. The molecule has 1 aliphatic heterocycles. The summed E-state index contributed by atoms with van der Waals surface area (Å²) < 4.78 is 51.8. The summed E-state index contributed by atoms with van der Waals surface area (Å²) in [6, 6.07) is 7.36. The molecule has 49 heavy (non-hydrogen) atoms. The number of aliphatic hydroxyl groups excluding tert-OH is 3. The van der Waals surface area contributed by atoms with Crippen LogP contribution in [-0.4, -0.2) is 69.1 Å². The van der Waals surface area contributed by atoms with Crippen molar-refractivity contribution in [2.75, 3.05) is 37.8 Å². The van der Waals surface area contributed by atoms with Crippen molar-refractivity contribution in [3.63, 3.8) is 0 Å². The van der Waals surface area contributed by atoms with Gasteiger partial charge in [0.25, 0.3) is 0 Å². The van der Waals surface area contributed by atoms with Gasteiger partial charge in [0.15, 0.2) is 11.9 Å². The van der Waals surface area contributed by atoms with Crippen molar-refractivity contribution in [1.29, 1.82) is 0 Å². The van der Waals surface area contributed by atoms with E-state index in [0.717, 1.165) is 16.8 Å². The average molecular weight is 683 g/mol. The highest BCUT2D eigenvalue weighted by atomic mass is 19.3. The molecule has 2 atom stereocenters. The summed E-state index contributed by atoms with van der Waals surface area (Å²) in [5.41, 5.74) is 4.62. The third-order valence-corrected chi connectivity index (χ3v) is 10.7. The lowest BCUT2D eigenvalue weighted by Crippen LogP contribution is -2.36. The van der Waals surface area contributed by atoms with Crippen LogP contribution in [0.25, 0.3) is 0 Å². The van der Waals surface area contributed by atoms with Gasteiger partial charge in [0.2, 0.25) is 11.9 Å². The van der Waals surface area contributed by atoms with Gasteiger partial charge in [-0.2, -0.15) is 0 Å². The zero-order valence-electron chi connectivity index (χ0n) is 28.7. The van der Waals surface area contributed by atoms with Gasteiger partial charge in [0, 0.05) is 54.6 Å². The van der Waals surface area contributed by atoms with Crippen molar-refractivity contribution in [3.8, 4) is 5.75 Å². The van der Waals surface area contributed by atoms with E-state index in [-0.39, 0.29) is 68.7 Å². The first kappa shape index (κ1) is 35.5. The Morgan fingerprint density at radius 3 is 2.18 bits per heavy atom. The molecule has 1 saturated heterocycles. The number of halogens is 3. The number of rotatable bonds is 10. The third kappa shape index (κ3) is 7.89. The fourth-order valence-corrected chi connectivity index (χ4v) is 7.89. The first-order chi connectivity index (χ1) is 23.4.